The quantitative estimate of drug-likeness (QED) is 0.867. The maximum Gasteiger partial charge on any atom is 0.182 e. The molecule has 18 heavy (non-hydrogen) atoms. The van der Waals surface area contributed by atoms with Crippen molar-refractivity contribution in [1.82, 2.24) is 0 Å². The molecule has 2 rings (SSSR count). The Morgan fingerprint density at radius 1 is 1.06 bits per heavy atom. The molecule has 2 aromatic rings. The standard InChI is InChI=1S/C13H12FNO2S/c14-11-6-7-13(15)10(8-11)9-18(16,17)12-4-2-1-3-5-12/h1-8H,9,15H2. The van der Waals surface area contributed by atoms with Gasteiger partial charge in [0, 0.05) is 5.69 Å². The van der Waals surface area contributed by atoms with Crippen LogP contribution in [0.15, 0.2) is 53.4 Å². The van der Waals surface area contributed by atoms with Crippen molar-refractivity contribution >= 4 is 15.5 Å². The molecule has 0 spiro atoms. The third-order valence-corrected chi connectivity index (χ3v) is 4.23. The second-order valence-electron chi connectivity index (χ2n) is 3.92. The molecule has 5 heteroatoms. The van der Waals surface area contributed by atoms with Gasteiger partial charge in [-0.2, -0.15) is 0 Å². The highest BCUT2D eigenvalue weighted by molar-refractivity contribution is 7.90. The van der Waals surface area contributed by atoms with Crippen molar-refractivity contribution in [2.24, 2.45) is 0 Å². The van der Waals surface area contributed by atoms with Crippen molar-refractivity contribution in [3.05, 3.63) is 59.9 Å². The Hall–Kier alpha value is -1.88. The molecular formula is C13H12FNO2S. The second-order valence-corrected chi connectivity index (χ2v) is 5.90. The van der Waals surface area contributed by atoms with Gasteiger partial charge in [0.15, 0.2) is 9.84 Å². The molecule has 94 valence electrons. The van der Waals surface area contributed by atoms with Crippen LogP contribution in [0.1, 0.15) is 5.56 Å². The molecule has 3 nitrogen and oxygen atoms in total. The van der Waals surface area contributed by atoms with E-state index in [1.165, 1.54) is 24.3 Å². The Kier molecular flexibility index (Phi) is 3.34. The minimum absolute atomic E-state index is 0.202. The summed E-state index contributed by atoms with van der Waals surface area (Å²) < 4.78 is 37.2. The second kappa shape index (κ2) is 4.78. The maximum absolute atomic E-state index is 13.1. The summed E-state index contributed by atoms with van der Waals surface area (Å²) in [5.74, 6) is -0.803. The van der Waals surface area contributed by atoms with Crippen LogP contribution in [-0.2, 0) is 15.6 Å². The molecule has 2 N–H and O–H groups in total. The first-order valence-electron chi connectivity index (χ1n) is 5.31. The normalized spacial score (nSPS) is 11.4. The number of halogens is 1. The SMILES string of the molecule is Nc1ccc(F)cc1CS(=O)(=O)c1ccccc1. The van der Waals surface area contributed by atoms with Gasteiger partial charge in [-0.15, -0.1) is 0 Å². The maximum atomic E-state index is 13.1. The van der Waals surface area contributed by atoms with Crippen LogP contribution in [0, 0.1) is 5.82 Å². The van der Waals surface area contributed by atoms with Crippen LogP contribution in [0.4, 0.5) is 10.1 Å². The molecule has 0 heterocycles. The van der Waals surface area contributed by atoms with Gasteiger partial charge >= 0.3 is 0 Å². The third-order valence-electron chi connectivity index (χ3n) is 2.55. The zero-order valence-electron chi connectivity index (χ0n) is 9.51. The largest absolute Gasteiger partial charge is 0.398 e. The first kappa shape index (κ1) is 12.6. The Morgan fingerprint density at radius 2 is 1.72 bits per heavy atom. The molecule has 0 aliphatic heterocycles. The number of hydrogen-bond acceptors (Lipinski definition) is 3. The number of benzene rings is 2. The third kappa shape index (κ3) is 2.68. The number of anilines is 1. The molecule has 0 aromatic heterocycles. The lowest BCUT2D eigenvalue weighted by Crippen LogP contribution is -2.07. The highest BCUT2D eigenvalue weighted by Crippen LogP contribution is 2.21. The molecule has 0 aliphatic rings. The van der Waals surface area contributed by atoms with E-state index >= 15 is 0 Å². The smallest absolute Gasteiger partial charge is 0.182 e. The summed E-state index contributed by atoms with van der Waals surface area (Å²) >= 11 is 0. The van der Waals surface area contributed by atoms with Gasteiger partial charge in [0.25, 0.3) is 0 Å². The molecule has 0 saturated heterocycles. The topological polar surface area (TPSA) is 60.2 Å². The molecule has 0 radical (unpaired) electrons. The van der Waals surface area contributed by atoms with Gasteiger partial charge in [-0.1, -0.05) is 18.2 Å². The molecule has 0 amide bonds. The number of sulfone groups is 1. The predicted octanol–water partition coefficient (Wildman–Crippen LogP) is 2.38. The Bertz CT molecular complexity index is 654. The summed E-state index contributed by atoms with van der Waals surface area (Å²) in [7, 11) is -3.50. The van der Waals surface area contributed by atoms with E-state index in [1.807, 2.05) is 0 Å². The number of rotatable bonds is 3. The lowest BCUT2D eigenvalue weighted by atomic mass is 10.2. The first-order valence-corrected chi connectivity index (χ1v) is 6.96. The molecule has 0 unspecified atom stereocenters. The zero-order chi connectivity index (χ0) is 13.2. The summed E-state index contributed by atoms with van der Waals surface area (Å²) in [6.45, 7) is 0. The minimum Gasteiger partial charge on any atom is -0.398 e. The predicted molar refractivity (Wildman–Crippen MR) is 68.1 cm³/mol. The molecule has 2 aromatic carbocycles. The van der Waals surface area contributed by atoms with Crippen LogP contribution < -0.4 is 5.73 Å². The average Bonchev–Trinajstić information content (AvgIpc) is 2.35. The van der Waals surface area contributed by atoms with Crippen molar-refractivity contribution < 1.29 is 12.8 Å². The van der Waals surface area contributed by atoms with Gasteiger partial charge in [-0.25, -0.2) is 12.8 Å². The van der Waals surface area contributed by atoms with Crippen LogP contribution >= 0.6 is 0 Å². The monoisotopic (exact) mass is 265 g/mol. The minimum atomic E-state index is -3.50. The van der Waals surface area contributed by atoms with Gasteiger partial charge < -0.3 is 5.73 Å². The number of nitrogen functional groups attached to an aromatic ring is 1. The van der Waals surface area contributed by atoms with E-state index in [4.69, 9.17) is 5.73 Å². The van der Waals surface area contributed by atoms with Crippen LogP contribution in [0.5, 0.6) is 0 Å². The fourth-order valence-corrected chi connectivity index (χ4v) is 3.01. The van der Waals surface area contributed by atoms with Crippen LogP contribution in [-0.4, -0.2) is 8.42 Å². The summed E-state index contributed by atoms with van der Waals surface area (Å²) in [5.41, 5.74) is 6.19. The van der Waals surface area contributed by atoms with E-state index in [0.29, 0.717) is 0 Å². The van der Waals surface area contributed by atoms with E-state index in [0.717, 1.165) is 6.07 Å². The van der Waals surface area contributed by atoms with Crippen molar-refractivity contribution in [1.29, 1.82) is 0 Å². The van der Waals surface area contributed by atoms with Crippen LogP contribution in [0.3, 0.4) is 0 Å². The van der Waals surface area contributed by atoms with Crippen molar-refractivity contribution in [3.8, 4) is 0 Å². The highest BCUT2D eigenvalue weighted by atomic mass is 32.2. The lowest BCUT2D eigenvalue weighted by molar-refractivity contribution is 0.594. The summed E-state index contributed by atoms with van der Waals surface area (Å²) in [4.78, 5) is 0.202. The highest BCUT2D eigenvalue weighted by Gasteiger charge is 2.16. The van der Waals surface area contributed by atoms with Crippen molar-refractivity contribution in [2.45, 2.75) is 10.6 Å². The van der Waals surface area contributed by atoms with E-state index in [2.05, 4.69) is 0 Å². The fourth-order valence-electron chi connectivity index (χ4n) is 1.62. The molecule has 0 aliphatic carbocycles. The van der Waals surface area contributed by atoms with Gasteiger partial charge in [0.2, 0.25) is 0 Å². The Labute approximate surface area is 105 Å². The molecular weight excluding hydrogens is 253 g/mol. The Morgan fingerprint density at radius 3 is 2.39 bits per heavy atom. The van der Waals surface area contributed by atoms with E-state index in [-0.39, 0.29) is 21.9 Å². The average molecular weight is 265 g/mol. The van der Waals surface area contributed by atoms with Crippen LogP contribution in [0.2, 0.25) is 0 Å². The molecule has 0 fully saturated rings. The zero-order valence-corrected chi connectivity index (χ0v) is 10.3. The van der Waals surface area contributed by atoms with E-state index in [1.54, 1.807) is 18.2 Å². The van der Waals surface area contributed by atoms with Gasteiger partial charge in [0.05, 0.1) is 10.6 Å². The molecule has 0 bridgehead atoms. The van der Waals surface area contributed by atoms with Crippen molar-refractivity contribution in [3.63, 3.8) is 0 Å². The van der Waals surface area contributed by atoms with Gasteiger partial charge in [-0.05, 0) is 35.9 Å². The fraction of sp³-hybridized carbons (Fsp3) is 0.0769. The van der Waals surface area contributed by atoms with E-state index < -0.39 is 15.7 Å². The summed E-state index contributed by atoms with van der Waals surface area (Å²) in [6, 6.07) is 11.7. The summed E-state index contributed by atoms with van der Waals surface area (Å²) in [6.07, 6.45) is 0. The summed E-state index contributed by atoms with van der Waals surface area (Å²) in [5, 5.41) is 0. The first-order chi connectivity index (χ1) is 8.49. The molecule has 0 atom stereocenters. The van der Waals surface area contributed by atoms with Gasteiger partial charge in [-0.3, -0.25) is 0 Å². The number of hydrogen-bond donors (Lipinski definition) is 1. The van der Waals surface area contributed by atoms with Crippen LogP contribution in [0.25, 0.3) is 0 Å². The molecule has 0 saturated carbocycles. The number of nitrogens with two attached hydrogens (primary N) is 1. The van der Waals surface area contributed by atoms with Gasteiger partial charge in [0.1, 0.15) is 5.82 Å². The Balaban J connectivity index is 2.37. The lowest BCUT2D eigenvalue weighted by Gasteiger charge is -2.07. The van der Waals surface area contributed by atoms with Crippen molar-refractivity contribution in [2.75, 3.05) is 5.73 Å². The van der Waals surface area contributed by atoms with E-state index in [9.17, 15) is 12.8 Å².